The van der Waals surface area contributed by atoms with Crippen molar-refractivity contribution in [3.05, 3.63) is 90.0 Å². The number of para-hydroxylation sites is 2. The molecule has 1 aliphatic rings. The Balaban J connectivity index is 1.47. The van der Waals surface area contributed by atoms with Crippen LogP contribution in [0.15, 0.2) is 78.9 Å². The van der Waals surface area contributed by atoms with E-state index in [9.17, 15) is 19.2 Å². The van der Waals surface area contributed by atoms with Gasteiger partial charge in [0.05, 0.1) is 11.3 Å². The molecule has 3 aromatic rings. The van der Waals surface area contributed by atoms with Gasteiger partial charge < -0.3 is 10.6 Å². The predicted octanol–water partition coefficient (Wildman–Crippen LogP) is 4.04. The van der Waals surface area contributed by atoms with Crippen LogP contribution in [0.3, 0.4) is 0 Å². The van der Waals surface area contributed by atoms with Crippen LogP contribution in [0.1, 0.15) is 22.8 Å². The molecule has 172 valence electrons. The number of urea groups is 1. The highest BCUT2D eigenvalue weighted by Gasteiger charge is 2.44. The molecule has 2 N–H and O–H groups in total. The molecule has 0 aliphatic carbocycles. The van der Waals surface area contributed by atoms with Gasteiger partial charge in [0.1, 0.15) is 12.6 Å². The Kier molecular flexibility index (Phi) is 6.40. The van der Waals surface area contributed by atoms with Gasteiger partial charge in [0, 0.05) is 11.4 Å². The van der Waals surface area contributed by atoms with E-state index in [1.165, 1.54) is 4.90 Å². The van der Waals surface area contributed by atoms with Crippen LogP contribution in [0.2, 0.25) is 0 Å². The van der Waals surface area contributed by atoms with Crippen molar-refractivity contribution in [2.45, 2.75) is 19.9 Å². The third kappa shape index (κ3) is 4.66. The molecule has 0 aromatic heterocycles. The van der Waals surface area contributed by atoms with Gasteiger partial charge in [-0.05, 0) is 50.2 Å². The van der Waals surface area contributed by atoms with E-state index in [-0.39, 0.29) is 11.3 Å². The van der Waals surface area contributed by atoms with Crippen LogP contribution in [-0.2, 0) is 9.59 Å². The van der Waals surface area contributed by atoms with Crippen molar-refractivity contribution >= 4 is 40.8 Å². The van der Waals surface area contributed by atoms with Crippen LogP contribution in [0, 0.1) is 6.92 Å². The molecule has 1 atom stereocenters. The van der Waals surface area contributed by atoms with Crippen LogP contribution >= 0.6 is 0 Å². The zero-order chi connectivity index (χ0) is 24.2. The largest absolute Gasteiger partial charge is 0.332 e. The minimum atomic E-state index is -0.730. The second-order valence-electron chi connectivity index (χ2n) is 8.00. The van der Waals surface area contributed by atoms with E-state index in [4.69, 9.17) is 0 Å². The van der Waals surface area contributed by atoms with Crippen molar-refractivity contribution < 1.29 is 19.2 Å². The van der Waals surface area contributed by atoms with Crippen molar-refractivity contribution in [3.8, 4) is 0 Å². The Labute approximate surface area is 197 Å². The van der Waals surface area contributed by atoms with Gasteiger partial charge in [0.25, 0.3) is 11.8 Å². The summed E-state index contributed by atoms with van der Waals surface area (Å²) in [6, 6.07) is 21.4. The summed E-state index contributed by atoms with van der Waals surface area (Å²) in [5.74, 6) is -1.44. The summed E-state index contributed by atoms with van der Waals surface area (Å²) in [6.07, 6.45) is 0. The molecule has 5 amide bonds. The SMILES string of the molecule is Cc1ccc(N2C(=O)N(CC(=O)Nc3ccccc3C(=O)Nc3ccccc3)C(=O)[C@H]2C)cc1. The molecule has 8 heteroatoms. The summed E-state index contributed by atoms with van der Waals surface area (Å²) >= 11 is 0. The first-order valence-electron chi connectivity index (χ1n) is 10.8. The lowest BCUT2D eigenvalue weighted by molar-refractivity contribution is -0.130. The van der Waals surface area contributed by atoms with Crippen molar-refractivity contribution in [1.82, 2.24) is 4.90 Å². The van der Waals surface area contributed by atoms with Gasteiger partial charge in [-0.3, -0.25) is 24.2 Å². The molecule has 0 radical (unpaired) electrons. The third-order valence-corrected chi connectivity index (χ3v) is 5.54. The first-order valence-corrected chi connectivity index (χ1v) is 10.8. The summed E-state index contributed by atoms with van der Waals surface area (Å²) in [5, 5.41) is 5.43. The summed E-state index contributed by atoms with van der Waals surface area (Å²) in [6.45, 7) is 3.10. The Morgan fingerprint density at radius 1 is 0.853 bits per heavy atom. The normalized spacial score (nSPS) is 15.4. The summed E-state index contributed by atoms with van der Waals surface area (Å²) < 4.78 is 0. The number of carbonyl (C=O) groups is 4. The second kappa shape index (κ2) is 9.58. The van der Waals surface area contributed by atoms with E-state index in [0.29, 0.717) is 11.4 Å². The van der Waals surface area contributed by atoms with E-state index in [2.05, 4.69) is 10.6 Å². The Hall–Kier alpha value is -4.46. The average Bonchev–Trinajstić information content (AvgIpc) is 3.04. The molecule has 1 aliphatic heterocycles. The molecule has 8 nitrogen and oxygen atoms in total. The quantitative estimate of drug-likeness (QED) is 0.547. The van der Waals surface area contributed by atoms with Crippen LogP contribution in [-0.4, -0.2) is 41.2 Å². The van der Waals surface area contributed by atoms with Gasteiger partial charge in [0.2, 0.25) is 5.91 Å². The van der Waals surface area contributed by atoms with E-state index in [1.807, 2.05) is 25.1 Å². The van der Waals surface area contributed by atoms with Crippen molar-refractivity contribution in [2.24, 2.45) is 0 Å². The Bertz CT molecular complexity index is 1240. The standard InChI is InChI=1S/C26H24N4O4/c1-17-12-14-20(15-13-17)30-18(2)25(33)29(26(30)34)16-23(31)28-22-11-7-6-10-21(22)24(32)27-19-8-4-3-5-9-19/h3-15,18H,16H2,1-2H3,(H,27,32)(H,28,31)/t18-/m1/s1. The molecule has 1 saturated heterocycles. The number of hydrogen-bond acceptors (Lipinski definition) is 4. The fourth-order valence-electron chi connectivity index (χ4n) is 3.75. The molecule has 0 bridgehead atoms. The molecule has 1 fully saturated rings. The molecular formula is C26H24N4O4. The number of aryl methyl sites for hydroxylation is 1. The van der Waals surface area contributed by atoms with Gasteiger partial charge in [-0.15, -0.1) is 0 Å². The number of amides is 5. The number of hydrogen-bond donors (Lipinski definition) is 2. The third-order valence-electron chi connectivity index (χ3n) is 5.54. The smallest absolute Gasteiger partial charge is 0.324 e. The van der Waals surface area contributed by atoms with E-state index >= 15 is 0 Å². The van der Waals surface area contributed by atoms with E-state index in [0.717, 1.165) is 10.5 Å². The summed E-state index contributed by atoms with van der Waals surface area (Å²) in [7, 11) is 0. The van der Waals surface area contributed by atoms with Gasteiger partial charge >= 0.3 is 6.03 Å². The Morgan fingerprint density at radius 2 is 1.50 bits per heavy atom. The molecule has 0 spiro atoms. The number of benzene rings is 3. The first kappa shape index (κ1) is 22.7. The number of nitrogens with one attached hydrogen (secondary N) is 2. The van der Waals surface area contributed by atoms with Crippen LogP contribution in [0.25, 0.3) is 0 Å². The van der Waals surface area contributed by atoms with Crippen LogP contribution in [0.4, 0.5) is 21.9 Å². The van der Waals surface area contributed by atoms with Gasteiger partial charge in [0.15, 0.2) is 0 Å². The number of nitrogens with zero attached hydrogens (tertiary/aromatic N) is 2. The molecule has 4 rings (SSSR count). The number of imide groups is 1. The summed E-state index contributed by atoms with van der Waals surface area (Å²) in [4.78, 5) is 53.5. The highest BCUT2D eigenvalue weighted by molar-refractivity contribution is 6.16. The summed E-state index contributed by atoms with van der Waals surface area (Å²) in [5.41, 5.74) is 2.77. The fraction of sp³-hybridized carbons (Fsp3) is 0.154. The topological polar surface area (TPSA) is 98.8 Å². The molecular weight excluding hydrogens is 432 g/mol. The lowest BCUT2D eigenvalue weighted by Crippen LogP contribution is -2.39. The van der Waals surface area contributed by atoms with E-state index < -0.39 is 36.3 Å². The minimum absolute atomic E-state index is 0.258. The van der Waals surface area contributed by atoms with Gasteiger partial charge in [-0.25, -0.2) is 4.79 Å². The predicted molar refractivity (Wildman–Crippen MR) is 130 cm³/mol. The van der Waals surface area contributed by atoms with Crippen molar-refractivity contribution in [3.63, 3.8) is 0 Å². The number of carbonyl (C=O) groups excluding carboxylic acids is 4. The molecule has 0 saturated carbocycles. The second-order valence-corrected chi connectivity index (χ2v) is 8.00. The average molecular weight is 457 g/mol. The van der Waals surface area contributed by atoms with Gasteiger partial charge in [-0.2, -0.15) is 0 Å². The van der Waals surface area contributed by atoms with Crippen LogP contribution < -0.4 is 15.5 Å². The number of rotatable bonds is 6. The lowest BCUT2D eigenvalue weighted by atomic mass is 10.1. The zero-order valence-electron chi connectivity index (χ0n) is 18.8. The van der Waals surface area contributed by atoms with Crippen LogP contribution in [0.5, 0.6) is 0 Å². The zero-order valence-corrected chi connectivity index (χ0v) is 18.8. The first-order chi connectivity index (χ1) is 16.3. The lowest BCUT2D eigenvalue weighted by Gasteiger charge is -2.19. The molecule has 34 heavy (non-hydrogen) atoms. The van der Waals surface area contributed by atoms with Crippen molar-refractivity contribution in [2.75, 3.05) is 22.1 Å². The fourth-order valence-corrected chi connectivity index (χ4v) is 3.75. The Morgan fingerprint density at radius 3 is 2.21 bits per heavy atom. The van der Waals surface area contributed by atoms with Crippen molar-refractivity contribution in [1.29, 1.82) is 0 Å². The molecule has 1 heterocycles. The number of anilines is 3. The molecule has 0 unspecified atom stereocenters. The van der Waals surface area contributed by atoms with E-state index in [1.54, 1.807) is 67.6 Å². The molecule has 3 aromatic carbocycles. The highest BCUT2D eigenvalue weighted by Crippen LogP contribution is 2.26. The minimum Gasteiger partial charge on any atom is -0.324 e. The maximum atomic E-state index is 13.0. The maximum absolute atomic E-state index is 13.0. The monoisotopic (exact) mass is 456 g/mol. The highest BCUT2D eigenvalue weighted by atomic mass is 16.2. The maximum Gasteiger partial charge on any atom is 0.332 e. The van der Waals surface area contributed by atoms with Gasteiger partial charge in [-0.1, -0.05) is 48.0 Å².